The summed E-state index contributed by atoms with van der Waals surface area (Å²) in [5.74, 6) is 1.32. The quantitative estimate of drug-likeness (QED) is 0.472. The third kappa shape index (κ3) is 2.84. The Balaban J connectivity index is 2.18. The van der Waals surface area contributed by atoms with Crippen LogP contribution in [-0.4, -0.2) is 18.6 Å². The number of ether oxygens (including phenoxy) is 1. The van der Waals surface area contributed by atoms with E-state index in [-0.39, 0.29) is 0 Å². The zero-order chi connectivity index (χ0) is 8.10. The largest absolute Gasteiger partial charge is 0.378 e. The van der Waals surface area contributed by atoms with E-state index in [1.807, 2.05) is 6.08 Å². The summed E-state index contributed by atoms with van der Waals surface area (Å²) in [5, 5.41) is 0. The second-order valence-electron chi connectivity index (χ2n) is 3.08. The fourth-order valence-corrected chi connectivity index (χ4v) is 1.60. The molecule has 1 aliphatic heterocycles. The van der Waals surface area contributed by atoms with Crippen LogP contribution in [0.3, 0.4) is 0 Å². The summed E-state index contributed by atoms with van der Waals surface area (Å²) < 4.78 is 5.57. The maximum Gasteiger partial charge on any atom is 0.0609 e. The van der Waals surface area contributed by atoms with Crippen molar-refractivity contribution in [3.63, 3.8) is 0 Å². The number of hydrogen-bond acceptors (Lipinski definition) is 1. The molecule has 1 nitrogen and oxygen atoms in total. The van der Waals surface area contributed by atoms with Gasteiger partial charge in [0.25, 0.3) is 0 Å². The molecule has 0 spiro atoms. The molecule has 0 unspecified atom stereocenters. The minimum atomic E-state index is 0.409. The van der Waals surface area contributed by atoms with Gasteiger partial charge in [0.05, 0.1) is 12.7 Å². The molecule has 1 saturated heterocycles. The molecule has 0 aliphatic carbocycles. The number of alkyl halides is 1. The zero-order valence-electron chi connectivity index (χ0n) is 6.76. The molecule has 11 heavy (non-hydrogen) atoms. The predicted octanol–water partition coefficient (Wildman–Crippen LogP) is 2.60. The van der Waals surface area contributed by atoms with Crippen molar-refractivity contribution in [2.45, 2.75) is 25.4 Å². The normalized spacial score (nSPS) is 31.7. The highest BCUT2D eigenvalue weighted by atomic mass is 35.5. The van der Waals surface area contributed by atoms with E-state index in [2.05, 4.69) is 6.58 Å². The fraction of sp³-hybridized carbons (Fsp3) is 0.778. The van der Waals surface area contributed by atoms with Gasteiger partial charge in [-0.25, -0.2) is 0 Å². The van der Waals surface area contributed by atoms with E-state index in [1.54, 1.807) is 0 Å². The lowest BCUT2D eigenvalue weighted by molar-refractivity contribution is -0.00771. The lowest BCUT2D eigenvalue weighted by atomic mass is 9.99. The minimum absolute atomic E-state index is 0.409. The van der Waals surface area contributed by atoms with Gasteiger partial charge in [-0.05, 0) is 25.2 Å². The molecule has 1 heterocycles. The van der Waals surface area contributed by atoms with Gasteiger partial charge >= 0.3 is 0 Å². The van der Waals surface area contributed by atoms with Crippen LogP contribution < -0.4 is 0 Å². The molecule has 0 N–H and O–H groups in total. The SMILES string of the molecule is C=CC[C@@H]1CC[C@H](CCl)CO1. The van der Waals surface area contributed by atoms with Crippen molar-refractivity contribution in [1.29, 1.82) is 0 Å². The lowest BCUT2D eigenvalue weighted by Crippen LogP contribution is -2.26. The van der Waals surface area contributed by atoms with Crippen molar-refractivity contribution < 1.29 is 4.74 Å². The maximum atomic E-state index is 5.70. The highest BCUT2D eigenvalue weighted by molar-refractivity contribution is 6.18. The Labute approximate surface area is 73.4 Å². The summed E-state index contributed by atoms with van der Waals surface area (Å²) in [5.41, 5.74) is 0. The first kappa shape index (κ1) is 9.08. The average Bonchev–Trinajstić information content (AvgIpc) is 2.07. The minimum Gasteiger partial charge on any atom is -0.378 e. The van der Waals surface area contributed by atoms with Gasteiger partial charge < -0.3 is 4.74 Å². The second-order valence-corrected chi connectivity index (χ2v) is 3.39. The molecule has 0 saturated carbocycles. The molecule has 0 aromatic carbocycles. The van der Waals surface area contributed by atoms with Gasteiger partial charge in [0, 0.05) is 5.88 Å². The van der Waals surface area contributed by atoms with Crippen molar-refractivity contribution in [2.75, 3.05) is 12.5 Å². The molecular weight excluding hydrogens is 160 g/mol. The van der Waals surface area contributed by atoms with Crippen LogP contribution in [0.1, 0.15) is 19.3 Å². The molecule has 2 atom stereocenters. The highest BCUT2D eigenvalue weighted by Crippen LogP contribution is 2.21. The van der Waals surface area contributed by atoms with Crippen molar-refractivity contribution in [1.82, 2.24) is 0 Å². The molecule has 1 rings (SSSR count). The average molecular weight is 175 g/mol. The van der Waals surface area contributed by atoms with Crippen molar-refractivity contribution >= 4 is 11.6 Å². The number of rotatable bonds is 3. The predicted molar refractivity (Wildman–Crippen MR) is 48.0 cm³/mol. The molecule has 1 fully saturated rings. The number of hydrogen-bond donors (Lipinski definition) is 0. The second kappa shape index (κ2) is 4.78. The standard InChI is InChI=1S/C9H15ClO/c1-2-3-9-5-4-8(6-10)7-11-9/h2,8-9H,1,3-7H2/t8-,9-/m1/s1. The van der Waals surface area contributed by atoms with Crippen LogP contribution in [0.25, 0.3) is 0 Å². The van der Waals surface area contributed by atoms with Crippen LogP contribution in [0.15, 0.2) is 12.7 Å². The first-order valence-electron chi connectivity index (χ1n) is 4.15. The third-order valence-electron chi connectivity index (χ3n) is 2.11. The first-order valence-corrected chi connectivity index (χ1v) is 4.68. The van der Waals surface area contributed by atoms with E-state index in [0.29, 0.717) is 12.0 Å². The van der Waals surface area contributed by atoms with Crippen molar-refractivity contribution in [3.05, 3.63) is 12.7 Å². The smallest absolute Gasteiger partial charge is 0.0609 e. The molecule has 0 aromatic rings. The third-order valence-corrected chi connectivity index (χ3v) is 2.55. The van der Waals surface area contributed by atoms with E-state index < -0.39 is 0 Å². The summed E-state index contributed by atoms with van der Waals surface area (Å²) >= 11 is 5.70. The topological polar surface area (TPSA) is 9.23 Å². The Morgan fingerprint density at radius 2 is 2.36 bits per heavy atom. The van der Waals surface area contributed by atoms with Gasteiger partial charge in [0.2, 0.25) is 0 Å². The van der Waals surface area contributed by atoms with E-state index in [4.69, 9.17) is 16.3 Å². The van der Waals surface area contributed by atoms with Crippen LogP contribution in [0.2, 0.25) is 0 Å². The van der Waals surface area contributed by atoms with Gasteiger partial charge in [-0.1, -0.05) is 6.08 Å². The molecule has 1 aliphatic rings. The van der Waals surface area contributed by atoms with Gasteiger partial charge in [0.1, 0.15) is 0 Å². The Kier molecular flexibility index (Phi) is 3.95. The van der Waals surface area contributed by atoms with Crippen LogP contribution in [0.5, 0.6) is 0 Å². The molecule has 0 amide bonds. The van der Waals surface area contributed by atoms with Gasteiger partial charge in [-0.15, -0.1) is 18.2 Å². The van der Waals surface area contributed by atoms with Crippen LogP contribution in [0.4, 0.5) is 0 Å². The monoisotopic (exact) mass is 174 g/mol. The van der Waals surface area contributed by atoms with Crippen LogP contribution in [-0.2, 0) is 4.74 Å². The Hall–Kier alpha value is -0.0100. The van der Waals surface area contributed by atoms with Gasteiger partial charge in [-0.2, -0.15) is 0 Å². The van der Waals surface area contributed by atoms with Crippen LogP contribution >= 0.6 is 11.6 Å². The van der Waals surface area contributed by atoms with Gasteiger partial charge in [-0.3, -0.25) is 0 Å². The Morgan fingerprint density at radius 3 is 2.82 bits per heavy atom. The molecule has 2 heteroatoms. The summed E-state index contributed by atoms with van der Waals surface area (Å²) in [4.78, 5) is 0. The highest BCUT2D eigenvalue weighted by Gasteiger charge is 2.19. The first-order chi connectivity index (χ1) is 5.36. The number of halogens is 1. The molecule has 64 valence electrons. The fourth-order valence-electron chi connectivity index (χ4n) is 1.35. The Morgan fingerprint density at radius 1 is 1.55 bits per heavy atom. The van der Waals surface area contributed by atoms with Crippen molar-refractivity contribution in [2.24, 2.45) is 5.92 Å². The molecule has 0 bridgehead atoms. The lowest BCUT2D eigenvalue weighted by Gasteiger charge is -2.26. The van der Waals surface area contributed by atoms with Crippen molar-refractivity contribution in [3.8, 4) is 0 Å². The molecule has 0 radical (unpaired) electrons. The Bertz CT molecular complexity index is 117. The van der Waals surface area contributed by atoms with E-state index in [0.717, 1.165) is 25.3 Å². The summed E-state index contributed by atoms with van der Waals surface area (Å²) in [7, 11) is 0. The van der Waals surface area contributed by atoms with Crippen LogP contribution in [0, 0.1) is 5.92 Å². The van der Waals surface area contributed by atoms with E-state index >= 15 is 0 Å². The van der Waals surface area contributed by atoms with Gasteiger partial charge in [0.15, 0.2) is 0 Å². The summed E-state index contributed by atoms with van der Waals surface area (Å²) in [6, 6.07) is 0. The molecule has 0 aromatic heterocycles. The maximum absolute atomic E-state index is 5.70. The summed E-state index contributed by atoms with van der Waals surface area (Å²) in [6.45, 7) is 4.52. The molecular formula is C9H15ClO. The summed E-state index contributed by atoms with van der Waals surface area (Å²) in [6.07, 6.45) is 5.67. The van der Waals surface area contributed by atoms with E-state index in [9.17, 15) is 0 Å². The van der Waals surface area contributed by atoms with E-state index in [1.165, 1.54) is 6.42 Å². The zero-order valence-corrected chi connectivity index (χ0v) is 7.52.